The van der Waals surface area contributed by atoms with E-state index in [-0.39, 0.29) is 17.3 Å². The lowest BCUT2D eigenvalue weighted by Gasteiger charge is -2.10. The summed E-state index contributed by atoms with van der Waals surface area (Å²) in [5, 5.41) is 11.1. The Morgan fingerprint density at radius 2 is 1.95 bits per heavy atom. The highest BCUT2D eigenvalue weighted by Gasteiger charge is 2.20. The first-order valence-electron chi connectivity index (χ1n) is 5.92. The third-order valence-electron chi connectivity index (χ3n) is 2.84. The predicted molar refractivity (Wildman–Crippen MR) is 73.8 cm³/mol. The SMILES string of the molecule is Cc1nc(N)c(C)c(Oc2cccc(C)c2[N+](=O)[O-])n1. The first kappa shape index (κ1) is 13.7. The van der Waals surface area contributed by atoms with Gasteiger partial charge >= 0.3 is 5.69 Å². The number of para-hydroxylation sites is 1. The number of nitro groups is 1. The maximum Gasteiger partial charge on any atom is 0.314 e. The van der Waals surface area contributed by atoms with Crippen LogP contribution in [0.4, 0.5) is 11.5 Å². The summed E-state index contributed by atoms with van der Waals surface area (Å²) in [6.07, 6.45) is 0. The second-order valence-electron chi connectivity index (χ2n) is 4.37. The predicted octanol–water partition coefficient (Wildman–Crippen LogP) is 2.68. The highest BCUT2D eigenvalue weighted by Crippen LogP contribution is 2.34. The van der Waals surface area contributed by atoms with Gasteiger partial charge in [-0.25, -0.2) is 4.98 Å². The van der Waals surface area contributed by atoms with E-state index in [9.17, 15) is 10.1 Å². The summed E-state index contributed by atoms with van der Waals surface area (Å²) in [4.78, 5) is 18.8. The van der Waals surface area contributed by atoms with E-state index in [1.165, 1.54) is 6.07 Å². The molecule has 0 aliphatic carbocycles. The summed E-state index contributed by atoms with van der Waals surface area (Å²) in [5.74, 6) is 1.10. The number of ether oxygens (including phenoxy) is 1. The van der Waals surface area contributed by atoms with Gasteiger partial charge in [0.05, 0.1) is 10.5 Å². The summed E-state index contributed by atoms with van der Waals surface area (Å²) in [5.41, 5.74) is 6.72. The highest BCUT2D eigenvalue weighted by atomic mass is 16.6. The van der Waals surface area contributed by atoms with Gasteiger partial charge in [0.25, 0.3) is 0 Å². The molecular weight excluding hydrogens is 260 g/mol. The van der Waals surface area contributed by atoms with Crippen molar-refractivity contribution in [1.29, 1.82) is 0 Å². The topological polar surface area (TPSA) is 104 Å². The average Bonchev–Trinajstić information content (AvgIpc) is 2.35. The number of nitrogens with zero attached hydrogens (tertiary/aromatic N) is 3. The molecule has 0 fully saturated rings. The van der Waals surface area contributed by atoms with Crippen molar-refractivity contribution < 1.29 is 9.66 Å². The Labute approximate surface area is 115 Å². The van der Waals surface area contributed by atoms with E-state index in [1.54, 1.807) is 32.9 Å². The molecule has 0 atom stereocenters. The van der Waals surface area contributed by atoms with Crippen LogP contribution in [-0.4, -0.2) is 14.9 Å². The smallest absolute Gasteiger partial charge is 0.314 e. The molecule has 0 radical (unpaired) electrons. The molecule has 104 valence electrons. The van der Waals surface area contributed by atoms with Crippen molar-refractivity contribution in [3.8, 4) is 11.6 Å². The van der Waals surface area contributed by atoms with Gasteiger partial charge in [0, 0.05) is 5.56 Å². The zero-order valence-electron chi connectivity index (χ0n) is 11.4. The van der Waals surface area contributed by atoms with E-state index >= 15 is 0 Å². The van der Waals surface area contributed by atoms with Gasteiger partial charge in [-0.15, -0.1) is 0 Å². The number of nitrogens with two attached hydrogens (primary N) is 1. The van der Waals surface area contributed by atoms with Crippen LogP contribution in [0.5, 0.6) is 11.6 Å². The molecule has 0 amide bonds. The Morgan fingerprint density at radius 1 is 1.25 bits per heavy atom. The van der Waals surface area contributed by atoms with Gasteiger partial charge in [-0.05, 0) is 26.8 Å². The van der Waals surface area contributed by atoms with E-state index in [1.807, 2.05) is 0 Å². The lowest BCUT2D eigenvalue weighted by molar-refractivity contribution is -0.386. The van der Waals surface area contributed by atoms with Gasteiger partial charge < -0.3 is 10.5 Å². The van der Waals surface area contributed by atoms with E-state index in [2.05, 4.69) is 9.97 Å². The molecule has 0 saturated carbocycles. The number of aromatic nitrogens is 2. The average molecular weight is 274 g/mol. The maximum absolute atomic E-state index is 11.1. The van der Waals surface area contributed by atoms with Crippen LogP contribution in [0.25, 0.3) is 0 Å². The Kier molecular flexibility index (Phi) is 3.51. The monoisotopic (exact) mass is 274 g/mol. The molecule has 1 aromatic carbocycles. The van der Waals surface area contributed by atoms with Crippen LogP contribution in [-0.2, 0) is 0 Å². The van der Waals surface area contributed by atoms with E-state index in [0.717, 1.165) is 0 Å². The van der Waals surface area contributed by atoms with Crippen molar-refractivity contribution >= 4 is 11.5 Å². The fourth-order valence-electron chi connectivity index (χ4n) is 1.78. The molecule has 0 spiro atoms. The molecule has 2 N–H and O–H groups in total. The minimum Gasteiger partial charge on any atom is -0.431 e. The Bertz CT molecular complexity index is 686. The van der Waals surface area contributed by atoms with Crippen molar-refractivity contribution in [2.75, 3.05) is 5.73 Å². The van der Waals surface area contributed by atoms with E-state index in [0.29, 0.717) is 22.8 Å². The fourth-order valence-corrected chi connectivity index (χ4v) is 1.78. The third kappa shape index (κ3) is 2.51. The zero-order valence-corrected chi connectivity index (χ0v) is 11.4. The number of hydrogen-bond donors (Lipinski definition) is 1. The number of benzene rings is 1. The molecule has 1 aromatic heterocycles. The molecular formula is C13H14N4O3. The van der Waals surface area contributed by atoms with Crippen molar-refractivity contribution in [2.24, 2.45) is 0 Å². The Morgan fingerprint density at radius 3 is 2.60 bits per heavy atom. The molecule has 0 bridgehead atoms. The summed E-state index contributed by atoms with van der Waals surface area (Å²) in [7, 11) is 0. The number of anilines is 1. The Hall–Kier alpha value is -2.70. The van der Waals surface area contributed by atoms with Crippen molar-refractivity contribution in [3.05, 3.63) is 45.3 Å². The quantitative estimate of drug-likeness (QED) is 0.681. The van der Waals surface area contributed by atoms with Gasteiger partial charge in [0.15, 0.2) is 0 Å². The van der Waals surface area contributed by atoms with Crippen LogP contribution in [0.2, 0.25) is 0 Å². The maximum atomic E-state index is 11.1. The van der Waals surface area contributed by atoms with Crippen LogP contribution < -0.4 is 10.5 Å². The summed E-state index contributed by atoms with van der Waals surface area (Å²) in [6.45, 7) is 5.02. The number of aryl methyl sites for hydroxylation is 2. The molecule has 1 heterocycles. The van der Waals surface area contributed by atoms with Gasteiger partial charge in [-0.1, -0.05) is 12.1 Å². The molecule has 2 rings (SSSR count). The first-order valence-corrected chi connectivity index (χ1v) is 5.92. The van der Waals surface area contributed by atoms with Crippen molar-refractivity contribution in [1.82, 2.24) is 9.97 Å². The standard InChI is InChI=1S/C13H14N4O3/c1-7-5-4-6-10(11(7)17(18)19)20-13-8(2)12(14)15-9(3)16-13/h4-6H,1-3H3,(H2,14,15,16). The molecule has 0 aliphatic rings. The summed E-state index contributed by atoms with van der Waals surface area (Å²) >= 11 is 0. The Balaban J connectivity index is 2.51. The van der Waals surface area contributed by atoms with Crippen molar-refractivity contribution in [3.63, 3.8) is 0 Å². The lowest BCUT2D eigenvalue weighted by atomic mass is 10.2. The molecule has 20 heavy (non-hydrogen) atoms. The number of nitro benzene ring substituents is 1. The van der Waals surface area contributed by atoms with Gasteiger partial charge in [-0.3, -0.25) is 10.1 Å². The number of nitrogen functional groups attached to an aromatic ring is 1. The third-order valence-corrected chi connectivity index (χ3v) is 2.84. The second kappa shape index (κ2) is 5.12. The van der Waals surface area contributed by atoms with E-state index < -0.39 is 4.92 Å². The molecule has 0 saturated heterocycles. The van der Waals surface area contributed by atoms with Crippen LogP contribution in [0.3, 0.4) is 0 Å². The minimum absolute atomic E-state index is 0.0817. The van der Waals surface area contributed by atoms with Gasteiger partial charge in [0.2, 0.25) is 11.6 Å². The zero-order chi connectivity index (χ0) is 14.9. The molecule has 7 nitrogen and oxygen atoms in total. The van der Waals surface area contributed by atoms with E-state index in [4.69, 9.17) is 10.5 Å². The minimum atomic E-state index is -0.475. The molecule has 7 heteroatoms. The van der Waals surface area contributed by atoms with Gasteiger partial charge in [0.1, 0.15) is 11.6 Å². The van der Waals surface area contributed by atoms with Crippen LogP contribution >= 0.6 is 0 Å². The number of hydrogen-bond acceptors (Lipinski definition) is 6. The lowest BCUT2D eigenvalue weighted by Crippen LogP contribution is -2.03. The van der Waals surface area contributed by atoms with Crippen LogP contribution in [0.1, 0.15) is 17.0 Å². The summed E-state index contributed by atoms with van der Waals surface area (Å²) < 4.78 is 5.57. The molecule has 0 aliphatic heterocycles. The number of rotatable bonds is 3. The largest absolute Gasteiger partial charge is 0.431 e. The molecule has 2 aromatic rings. The van der Waals surface area contributed by atoms with Crippen molar-refractivity contribution in [2.45, 2.75) is 20.8 Å². The van der Waals surface area contributed by atoms with Gasteiger partial charge in [-0.2, -0.15) is 4.98 Å². The van der Waals surface area contributed by atoms with Crippen LogP contribution in [0, 0.1) is 30.9 Å². The van der Waals surface area contributed by atoms with Crippen LogP contribution in [0.15, 0.2) is 18.2 Å². The highest BCUT2D eigenvalue weighted by molar-refractivity contribution is 5.54. The normalized spacial score (nSPS) is 10.3. The molecule has 0 unspecified atom stereocenters. The second-order valence-corrected chi connectivity index (χ2v) is 4.37. The summed E-state index contributed by atoms with van der Waals surface area (Å²) in [6, 6.07) is 4.86. The fraction of sp³-hybridized carbons (Fsp3) is 0.231. The first-order chi connectivity index (χ1) is 9.40.